The van der Waals surface area contributed by atoms with Gasteiger partial charge in [-0.3, -0.25) is 0 Å². The molecule has 0 bridgehead atoms. The van der Waals surface area contributed by atoms with Crippen LogP contribution in [0.2, 0.25) is 0 Å². The van der Waals surface area contributed by atoms with Crippen LogP contribution in [0.5, 0.6) is 0 Å². The van der Waals surface area contributed by atoms with Gasteiger partial charge in [-0.1, -0.05) is 0 Å². The Labute approximate surface area is 189 Å². The quantitative estimate of drug-likeness (QED) is 0.222. The van der Waals surface area contributed by atoms with E-state index in [2.05, 4.69) is 64.8 Å². The monoisotopic (exact) mass is 579 g/mol. The Morgan fingerprint density at radius 3 is 2.20 bits per heavy atom. The van der Waals surface area contributed by atoms with Crippen LogP contribution in [0.25, 0.3) is 6.08 Å². The van der Waals surface area contributed by atoms with Crippen molar-refractivity contribution in [3.8, 4) is 0 Å². The van der Waals surface area contributed by atoms with Gasteiger partial charge in [0.25, 0.3) is 0 Å². The van der Waals surface area contributed by atoms with Crippen LogP contribution in [0, 0.1) is 0 Å². The average Bonchev–Trinajstić information content (AvgIpc) is 3.21. The normalized spacial score (nSPS) is 17.1. The number of nitrogens with one attached hydrogen (secondary N) is 1. The molecule has 30 heavy (non-hydrogen) atoms. The van der Waals surface area contributed by atoms with Crippen molar-refractivity contribution in [1.82, 2.24) is 10.2 Å². The van der Waals surface area contributed by atoms with Gasteiger partial charge in [0.2, 0.25) is 0 Å². The van der Waals surface area contributed by atoms with E-state index >= 15 is 0 Å². The van der Waals surface area contributed by atoms with E-state index < -0.39 is 38.8 Å². The first-order valence-electron chi connectivity index (χ1n) is 9.14. The summed E-state index contributed by atoms with van der Waals surface area (Å²) in [6.07, 6.45) is 1.61. The number of benzene rings is 2. The molecule has 8 heteroatoms. The summed E-state index contributed by atoms with van der Waals surface area (Å²) in [6, 6.07) is 20.3. The Morgan fingerprint density at radius 2 is 1.53 bits per heavy atom. The fraction of sp³-hybridized carbons (Fsp3) is 0.0455. The molecule has 2 aliphatic heterocycles. The molecule has 5 rings (SSSR count). The number of amides is 4. The third kappa shape index (κ3) is 3.23. The second kappa shape index (κ2) is 7.57. The van der Waals surface area contributed by atoms with Crippen molar-refractivity contribution in [2.75, 3.05) is 11.9 Å². The van der Waals surface area contributed by atoms with Crippen molar-refractivity contribution in [3.05, 3.63) is 70.7 Å². The van der Waals surface area contributed by atoms with Gasteiger partial charge in [-0.2, -0.15) is 0 Å². The molecule has 4 amide bonds. The van der Waals surface area contributed by atoms with Crippen LogP contribution < -0.4 is 17.4 Å². The number of urea groups is 1. The van der Waals surface area contributed by atoms with Crippen molar-refractivity contribution < 1.29 is 14.4 Å². The number of anilines is 3. The standard InChI is InChI=1S/C22H15N3O3SeTe/c1-24-21(27)14(20(26)23-22(24)28)12-13-10-11-19(29-13)25-15-6-2-4-8-17(15)30-18-9-5-3-7-16(18)25/h2-12H,1H3,(H,23,26,28)/b14-12+. The Hall–Kier alpha value is -2.62. The van der Waals surface area contributed by atoms with Gasteiger partial charge in [0, 0.05) is 0 Å². The van der Waals surface area contributed by atoms with Gasteiger partial charge in [0.15, 0.2) is 0 Å². The summed E-state index contributed by atoms with van der Waals surface area (Å²) in [5.74, 6) is -1.22. The first-order valence-corrected chi connectivity index (χ1v) is 13.2. The maximum atomic E-state index is 12.4. The van der Waals surface area contributed by atoms with Crippen molar-refractivity contribution in [2.24, 2.45) is 0 Å². The van der Waals surface area contributed by atoms with Crippen LogP contribution in [0.1, 0.15) is 4.44 Å². The molecule has 0 saturated carbocycles. The molecule has 1 saturated heterocycles. The fourth-order valence-corrected chi connectivity index (χ4v) is 8.44. The van der Waals surface area contributed by atoms with Crippen LogP contribution in [0.4, 0.5) is 20.7 Å². The summed E-state index contributed by atoms with van der Waals surface area (Å²) in [4.78, 5) is 39.4. The molecule has 0 aliphatic carbocycles. The number of para-hydroxylation sites is 2. The molecule has 1 aromatic heterocycles. The molecule has 6 nitrogen and oxygen atoms in total. The third-order valence-electron chi connectivity index (χ3n) is 4.86. The zero-order chi connectivity index (χ0) is 20.8. The SMILES string of the molecule is CN1C(=O)NC(=O)/C(=C\c2ccc(N3c4ccccc4[Te]c4ccccc43)[se]2)C1=O. The van der Waals surface area contributed by atoms with E-state index in [1.54, 1.807) is 6.08 Å². The van der Waals surface area contributed by atoms with E-state index in [1.165, 1.54) is 25.6 Å². The zero-order valence-electron chi connectivity index (χ0n) is 15.8. The molecular weight excluding hydrogens is 561 g/mol. The Balaban J connectivity index is 1.56. The van der Waals surface area contributed by atoms with Crippen LogP contribution in [-0.4, -0.2) is 65.2 Å². The number of fused-ring (bicyclic) bond motifs is 2. The van der Waals surface area contributed by atoms with E-state index in [0.717, 1.165) is 13.9 Å². The van der Waals surface area contributed by atoms with E-state index in [4.69, 9.17) is 0 Å². The summed E-state index contributed by atoms with van der Waals surface area (Å²) in [5.41, 5.74) is 2.42. The minimum atomic E-state index is -0.697. The predicted molar refractivity (Wildman–Crippen MR) is 117 cm³/mol. The van der Waals surface area contributed by atoms with Gasteiger partial charge in [0.05, 0.1) is 0 Å². The molecule has 3 heterocycles. The van der Waals surface area contributed by atoms with Gasteiger partial charge in [-0.05, 0) is 0 Å². The molecule has 0 atom stereocenters. The second-order valence-corrected chi connectivity index (χ2v) is 12.1. The Morgan fingerprint density at radius 1 is 0.900 bits per heavy atom. The van der Waals surface area contributed by atoms with E-state index in [9.17, 15) is 14.4 Å². The average molecular weight is 576 g/mol. The first-order chi connectivity index (χ1) is 14.5. The van der Waals surface area contributed by atoms with Crippen molar-refractivity contribution in [3.63, 3.8) is 0 Å². The summed E-state index contributed by atoms with van der Waals surface area (Å²) < 4.78 is 4.85. The number of barbiturate groups is 1. The number of imide groups is 2. The molecular formula is C22H15N3O3SeTe. The first kappa shape index (κ1) is 19.3. The number of hydrogen-bond acceptors (Lipinski definition) is 4. The summed E-state index contributed by atoms with van der Waals surface area (Å²) in [7, 11) is 1.36. The van der Waals surface area contributed by atoms with E-state index in [1.807, 2.05) is 6.07 Å². The van der Waals surface area contributed by atoms with Crippen LogP contribution in [-0.2, 0) is 9.59 Å². The van der Waals surface area contributed by atoms with Crippen molar-refractivity contribution in [1.29, 1.82) is 0 Å². The van der Waals surface area contributed by atoms with Crippen LogP contribution in [0.15, 0.2) is 66.2 Å². The molecule has 1 N–H and O–H groups in total. The molecule has 1 fully saturated rings. The summed E-state index contributed by atoms with van der Waals surface area (Å²) in [6.45, 7) is 0. The summed E-state index contributed by atoms with van der Waals surface area (Å²) in [5, 5.41) is 2.20. The summed E-state index contributed by atoms with van der Waals surface area (Å²) >= 11 is -0.539. The molecule has 0 unspecified atom stereocenters. The second-order valence-electron chi connectivity index (χ2n) is 6.73. The van der Waals surface area contributed by atoms with Gasteiger partial charge in [0.1, 0.15) is 0 Å². The number of nitrogens with zero attached hydrogens (tertiary/aromatic N) is 2. The van der Waals surface area contributed by atoms with E-state index in [0.29, 0.717) is 0 Å². The number of rotatable bonds is 2. The van der Waals surface area contributed by atoms with E-state index in [-0.39, 0.29) is 20.1 Å². The molecule has 2 aromatic carbocycles. The Bertz CT molecular complexity index is 1200. The molecule has 0 spiro atoms. The van der Waals surface area contributed by atoms with Gasteiger partial charge < -0.3 is 0 Å². The zero-order valence-corrected chi connectivity index (χ0v) is 19.8. The number of likely N-dealkylation sites (N-methyl/N-ethyl adjacent to an activating group) is 1. The van der Waals surface area contributed by atoms with Crippen LogP contribution >= 0.6 is 0 Å². The molecule has 0 radical (unpaired) electrons. The fourth-order valence-electron chi connectivity index (χ4n) is 3.37. The maximum absolute atomic E-state index is 12.4. The molecule has 2 aliphatic rings. The molecule has 148 valence electrons. The van der Waals surface area contributed by atoms with Crippen LogP contribution in [0.3, 0.4) is 0 Å². The van der Waals surface area contributed by atoms with Crippen molar-refractivity contribution >= 4 is 82.5 Å². The van der Waals surface area contributed by atoms with Gasteiger partial charge in [-0.25, -0.2) is 0 Å². The Kier molecular flexibility index (Phi) is 4.88. The third-order valence-corrected chi connectivity index (χ3v) is 10.2. The predicted octanol–water partition coefficient (Wildman–Crippen LogP) is 1.27. The van der Waals surface area contributed by atoms with Crippen molar-refractivity contribution in [2.45, 2.75) is 0 Å². The number of hydrogen-bond donors (Lipinski definition) is 1. The van der Waals surface area contributed by atoms with Gasteiger partial charge in [-0.15, -0.1) is 0 Å². The number of carbonyl (C=O) groups is 3. The van der Waals surface area contributed by atoms with Gasteiger partial charge >= 0.3 is 190 Å². The minimum absolute atomic E-state index is 0.00810. The topological polar surface area (TPSA) is 69.7 Å². The molecule has 3 aromatic rings. The number of carbonyl (C=O) groups excluding carboxylic acids is 3.